The Morgan fingerprint density at radius 3 is 2.56 bits per heavy atom. The molecule has 0 N–H and O–H groups in total. The smallest absolute Gasteiger partial charge is 0.387 e. The third kappa shape index (κ3) is 5.39. The van der Waals surface area contributed by atoms with E-state index in [1.807, 2.05) is 13.8 Å². The Labute approximate surface area is 159 Å². The minimum absolute atomic E-state index is 0.00901. The molecule has 2 aromatic rings. The molecule has 27 heavy (non-hydrogen) atoms. The van der Waals surface area contributed by atoms with E-state index in [2.05, 4.69) is 14.9 Å². The number of carbonyl (C=O) groups excluding carboxylic acids is 1. The molecular formula is C17H19F2N3O4S. The summed E-state index contributed by atoms with van der Waals surface area (Å²) in [6, 6.07) is 5.87. The maximum absolute atomic E-state index is 12.3. The number of hydrogen-bond donors (Lipinski definition) is 0. The van der Waals surface area contributed by atoms with Gasteiger partial charge in [-0.2, -0.15) is 8.78 Å². The van der Waals surface area contributed by atoms with Crippen molar-refractivity contribution in [1.29, 1.82) is 0 Å². The molecule has 3 rings (SSSR count). The highest BCUT2D eigenvalue weighted by Gasteiger charge is 2.26. The van der Waals surface area contributed by atoms with Gasteiger partial charge in [0.05, 0.1) is 18.0 Å². The Morgan fingerprint density at radius 2 is 1.93 bits per heavy atom. The summed E-state index contributed by atoms with van der Waals surface area (Å²) in [5, 5.41) is 8.09. The SMILES string of the molecule is CC1CN(C(=O)CSc2nnc(-c3ccc(OC(F)F)cc3)o2)CC(C)O1. The fourth-order valence-electron chi connectivity index (χ4n) is 2.76. The van der Waals surface area contributed by atoms with Gasteiger partial charge in [0, 0.05) is 18.7 Å². The Kier molecular flexibility index (Phi) is 6.27. The number of thioether (sulfide) groups is 1. The lowest BCUT2D eigenvalue weighted by Gasteiger charge is -2.35. The minimum Gasteiger partial charge on any atom is -0.435 e. The molecule has 0 spiro atoms. The van der Waals surface area contributed by atoms with E-state index in [1.165, 1.54) is 12.1 Å². The summed E-state index contributed by atoms with van der Waals surface area (Å²) in [5.74, 6) is 0.447. The molecule has 0 saturated carbocycles. The number of aromatic nitrogens is 2. The molecule has 1 aliphatic rings. The number of amides is 1. The van der Waals surface area contributed by atoms with Crippen molar-refractivity contribution >= 4 is 17.7 Å². The van der Waals surface area contributed by atoms with Crippen LogP contribution < -0.4 is 4.74 Å². The molecule has 0 radical (unpaired) electrons. The number of ether oxygens (including phenoxy) is 2. The molecule has 0 aliphatic carbocycles. The number of nitrogens with zero attached hydrogens (tertiary/aromatic N) is 3. The summed E-state index contributed by atoms with van der Waals surface area (Å²) >= 11 is 1.16. The number of hydrogen-bond acceptors (Lipinski definition) is 7. The van der Waals surface area contributed by atoms with Crippen molar-refractivity contribution < 1.29 is 27.5 Å². The van der Waals surface area contributed by atoms with Crippen LogP contribution in [0.1, 0.15) is 13.8 Å². The molecule has 1 aliphatic heterocycles. The molecule has 1 aromatic heterocycles. The fraction of sp³-hybridized carbons (Fsp3) is 0.471. The van der Waals surface area contributed by atoms with E-state index in [0.29, 0.717) is 18.7 Å². The summed E-state index contributed by atoms with van der Waals surface area (Å²) in [4.78, 5) is 14.1. The zero-order chi connectivity index (χ0) is 19.4. The number of rotatable bonds is 6. The zero-order valence-electron chi connectivity index (χ0n) is 14.8. The van der Waals surface area contributed by atoms with Crippen LogP contribution in [0.3, 0.4) is 0 Å². The second kappa shape index (κ2) is 8.66. The largest absolute Gasteiger partial charge is 0.435 e. The van der Waals surface area contributed by atoms with Gasteiger partial charge < -0.3 is 18.8 Å². The first kappa shape index (κ1) is 19.6. The second-order valence-electron chi connectivity index (χ2n) is 6.12. The van der Waals surface area contributed by atoms with Crippen LogP contribution in [0.25, 0.3) is 11.5 Å². The lowest BCUT2D eigenvalue weighted by molar-refractivity contribution is -0.140. The van der Waals surface area contributed by atoms with Crippen molar-refractivity contribution in [2.75, 3.05) is 18.8 Å². The van der Waals surface area contributed by atoms with Crippen LogP contribution in [0.4, 0.5) is 8.78 Å². The Balaban J connectivity index is 1.55. The molecule has 1 amide bonds. The third-order valence-corrected chi connectivity index (χ3v) is 4.63. The van der Waals surface area contributed by atoms with Crippen molar-refractivity contribution in [3.63, 3.8) is 0 Å². The average molecular weight is 399 g/mol. The molecule has 1 saturated heterocycles. The Morgan fingerprint density at radius 1 is 1.26 bits per heavy atom. The quantitative estimate of drug-likeness (QED) is 0.691. The molecule has 0 bridgehead atoms. The molecule has 1 fully saturated rings. The maximum Gasteiger partial charge on any atom is 0.387 e. The van der Waals surface area contributed by atoms with Crippen LogP contribution in [0.15, 0.2) is 33.9 Å². The predicted octanol–water partition coefficient (Wildman–Crippen LogP) is 3.07. The van der Waals surface area contributed by atoms with Gasteiger partial charge in [-0.3, -0.25) is 4.79 Å². The van der Waals surface area contributed by atoms with E-state index >= 15 is 0 Å². The molecule has 10 heteroatoms. The van der Waals surface area contributed by atoms with Gasteiger partial charge in [-0.15, -0.1) is 10.2 Å². The number of benzene rings is 1. The molecular weight excluding hydrogens is 380 g/mol. The highest BCUT2D eigenvalue weighted by atomic mass is 32.2. The van der Waals surface area contributed by atoms with E-state index in [1.54, 1.807) is 17.0 Å². The van der Waals surface area contributed by atoms with Crippen LogP contribution >= 0.6 is 11.8 Å². The van der Waals surface area contributed by atoms with Crippen LogP contribution in [-0.2, 0) is 9.53 Å². The van der Waals surface area contributed by atoms with E-state index in [-0.39, 0.29) is 40.7 Å². The van der Waals surface area contributed by atoms with Crippen molar-refractivity contribution in [2.24, 2.45) is 0 Å². The van der Waals surface area contributed by atoms with Gasteiger partial charge in [0.25, 0.3) is 5.22 Å². The average Bonchev–Trinajstić information content (AvgIpc) is 3.08. The highest BCUT2D eigenvalue weighted by Crippen LogP contribution is 2.26. The second-order valence-corrected chi connectivity index (χ2v) is 7.05. The highest BCUT2D eigenvalue weighted by molar-refractivity contribution is 7.99. The van der Waals surface area contributed by atoms with E-state index < -0.39 is 6.61 Å². The van der Waals surface area contributed by atoms with Crippen molar-refractivity contribution in [1.82, 2.24) is 15.1 Å². The molecule has 2 unspecified atom stereocenters. The molecule has 146 valence electrons. The van der Waals surface area contributed by atoms with Crippen LogP contribution in [-0.4, -0.2) is 58.7 Å². The summed E-state index contributed by atoms with van der Waals surface area (Å²) in [6.45, 7) is 2.12. The van der Waals surface area contributed by atoms with Gasteiger partial charge in [-0.05, 0) is 38.1 Å². The fourth-order valence-corrected chi connectivity index (χ4v) is 3.43. The molecule has 2 atom stereocenters. The molecule has 1 aromatic carbocycles. The zero-order valence-corrected chi connectivity index (χ0v) is 15.6. The van der Waals surface area contributed by atoms with Crippen molar-refractivity contribution in [3.05, 3.63) is 24.3 Å². The van der Waals surface area contributed by atoms with Crippen molar-refractivity contribution in [2.45, 2.75) is 37.9 Å². The standard InChI is InChI=1S/C17H19F2N3O4S/c1-10-7-22(8-11(2)24-10)14(23)9-27-17-21-20-15(26-17)12-3-5-13(6-4-12)25-16(18)19/h3-6,10-11,16H,7-9H2,1-2H3. The summed E-state index contributed by atoms with van der Waals surface area (Å²) < 4.78 is 39.8. The molecule has 2 heterocycles. The number of halogens is 2. The number of morpholine rings is 1. The van der Waals surface area contributed by atoms with Crippen LogP contribution in [0.2, 0.25) is 0 Å². The number of alkyl halides is 2. The lowest BCUT2D eigenvalue weighted by atomic mass is 10.2. The van der Waals surface area contributed by atoms with E-state index in [4.69, 9.17) is 9.15 Å². The van der Waals surface area contributed by atoms with Gasteiger partial charge in [0.15, 0.2) is 0 Å². The summed E-state index contributed by atoms with van der Waals surface area (Å²) in [7, 11) is 0. The van der Waals surface area contributed by atoms with Crippen molar-refractivity contribution in [3.8, 4) is 17.2 Å². The summed E-state index contributed by atoms with van der Waals surface area (Å²) in [5.41, 5.74) is 0.568. The minimum atomic E-state index is -2.88. The van der Waals surface area contributed by atoms with Gasteiger partial charge in [-0.1, -0.05) is 11.8 Å². The number of carbonyl (C=O) groups is 1. The van der Waals surface area contributed by atoms with Crippen LogP contribution in [0, 0.1) is 0 Å². The first-order chi connectivity index (χ1) is 12.9. The first-order valence-electron chi connectivity index (χ1n) is 8.35. The summed E-state index contributed by atoms with van der Waals surface area (Å²) in [6.07, 6.45) is 0.0180. The normalized spacial score (nSPS) is 20.1. The lowest BCUT2D eigenvalue weighted by Crippen LogP contribution is -2.48. The van der Waals surface area contributed by atoms with Crippen LogP contribution in [0.5, 0.6) is 5.75 Å². The van der Waals surface area contributed by atoms with Gasteiger partial charge in [-0.25, -0.2) is 0 Å². The van der Waals surface area contributed by atoms with Gasteiger partial charge in [0.2, 0.25) is 11.8 Å². The predicted molar refractivity (Wildman–Crippen MR) is 93.7 cm³/mol. The van der Waals surface area contributed by atoms with E-state index in [9.17, 15) is 13.6 Å². The Hall–Kier alpha value is -2.20. The topological polar surface area (TPSA) is 77.7 Å². The monoisotopic (exact) mass is 399 g/mol. The first-order valence-corrected chi connectivity index (χ1v) is 9.34. The third-order valence-electron chi connectivity index (χ3n) is 3.82. The van der Waals surface area contributed by atoms with E-state index in [0.717, 1.165) is 11.8 Å². The van der Waals surface area contributed by atoms with Gasteiger partial charge in [0.1, 0.15) is 5.75 Å². The maximum atomic E-state index is 12.3. The molecule has 7 nitrogen and oxygen atoms in total. The Bertz CT molecular complexity index is 762. The van der Waals surface area contributed by atoms with Gasteiger partial charge >= 0.3 is 6.61 Å².